The molecule has 1 heterocycles. The zero-order valence-corrected chi connectivity index (χ0v) is 8.64. The standard InChI is InChI=1S/C8H9N3O3S/c1-15-11-8(14)7(9)4-2-5(12)6(13)3-10-4/h2-3,9,13H,1H3,(H,10,12)(H,11,14). The monoisotopic (exact) mass is 227 g/mol. The number of aromatic amines is 1. The lowest BCUT2D eigenvalue weighted by Gasteiger charge is -2.03. The molecule has 4 N–H and O–H groups in total. The average molecular weight is 227 g/mol. The van der Waals surface area contributed by atoms with Crippen LogP contribution in [0.25, 0.3) is 0 Å². The highest BCUT2D eigenvalue weighted by atomic mass is 32.2. The molecular weight excluding hydrogens is 218 g/mol. The van der Waals surface area contributed by atoms with Crippen LogP contribution in [0.15, 0.2) is 17.1 Å². The molecule has 6 nitrogen and oxygen atoms in total. The van der Waals surface area contributed by atoms with Gasteiger partial charge in [-0.25, -0.2) is 0 Å². The van der Waals surface area contributed by atoms with Gasteiger partial charge in [-0.3, -0.25) is 19.7 Å². The lowest BCUT2D eigenvalue weighted by atomic mass is 10.2. The first-order valence-corrected chi connectivity index (χ1v) is 5.12. The van der Waals surface area contributed by atoms with Gasteiger partial charge in [0.1, 0.15) is 5.71 Å². The molecule has 0 saturated carbocycles. The number of nitrogens with one attached hydrogen (secondary N) is 3. The third-order valence-electron chi connectivity index (χ3n) is 1.58. The van der Waals surface area contributed by atoms with Crippen LogP contribution in [0.2, 0.25) is 0 Å². The van der Waals surface area contributed by atoms with Gasteiger partial charge in [0.15, 0.2) is 5.75 Å². The fraction of sp³-hybridized carbons (Fsp3) is 0.125. The molecular formula is C8H9N3O3S. The predicted octanol–water partition coefficient (Wildman–Crippen LogP) is -0.157. The first-order valence-electron chi connectivity index (χ1n) is 3.90. The molecule has 0 radical (unpaired) electrons. The molecule has 7 heteroatoms. The third kappa shape index (κ3) is 2.59. The molecule has 0 aliphatic carbocycles. The van der Waals surface area contributed by atoms with Crippen LogP contribution in [0.1, 0.15) is 5.69 Å². The molecule has 0 aromatic carbocycles. The molecule has 0 spiro atoms. The quantitative estimate of drug-likeness (QED) is 0.425. The topological polar surface area (TPSA) is 106 Å². The highest BCUT2D eigenvalue weighted by Gasteiger charge is 2.12. The van der Waals surface area contributed by atoms with E-state index in [0.29, 0.717) is 0 Å². The molecule has 0 saturated heterocycles. The first kappa shape index (κ1) is 11.3. The van der Waals surface area contributed by atoms with Gasteiger partial charge in [0.2, 0.25) is 5.43 Å². The number of carbonyl (C=O) groups excluding carboxylic acids is 1. The number of aromatic hydroxyl groups is 1. The predicted molar refractivity (Wildman–Crippen MR) is 57.2 cm³/mol. The maximum Gasteiger partial charge on any atom is 0.281 e. The highest BCUT2D eigenvalue weighted by molar-refractivity contribution is 7.97. The Labute approximate surface area is 89.4 Å². The number of carbonyl (C=O) groups is 1. The summed E-state index contributed by atoms with van der Waals surface area (Å²) in [5.41, 5.74) is -0.934. The van der Waals surface area contributed by atoms with Gasteiger partial charge in [-0.1, -0.05) is 11.9 Å². The lowest BCUT2D eigenvalue weighted by molar-refractivity contribution is -0.113. The molecule has 15 heavy (non-hydrogen) atoms. The Bertz CT molecular complexity index is 455. The van der Waals surface area contributed by atoms with Crippen molar-refractivity contribution in [1.82, 2.24) is 9.71 Å². The summed E-state index contributed by atoms with van der Waals surface area (Å²) in [6.07, 6.45) is 2.68. The Kier molecular flexibility index (Phi) is 3.51. The second-order valence-corrected chi connectivity index (χ2v) is 3.22. The lowest BCUT2D eigenvalue weighted by Crippen LogP contribution is -2.27. The third-order valence-corrected chi connectivity index (χ3v) is 1.97. The second-order valence-electron chi connectivity index (χ2n) is 2.61. The maximum atomic E-state index is 11.2. The number of amides is 1. The molecule has 0 bridgehead atoms. The van der Waals surface area contributed by atoms with E-state index in [1.807, 2.05) is 0 Å². The summed E-state index contributed by atoms with van der Waals surface area (Å²) in [6.45, 7) is 0. The fourth-order valence-electron chi connectivity index (χ4n) is 0.874. The summed E-state index contributed by atoms with van der Waals surface area (Å²) in [5.74, 6) is -1.05. The van der Waals surface area contributed by atoms with E-state index in [1.165, 1.54) is 0 Å². The van der Waals surface area contributed by atoms with Crippen LogP contribution in [0.3, 0.4) is 0 Å². The fourth-order valence-corrected chi connectivity index (χ4v) is 1.16. The molecule has 1 rings (SSSR count). The highest BCUT2D eigenvalue weighted by Crippen LogP contribution is 2.00. The van der Waals surface area contributed by atoms with Crippen LogP contribution in [-0.4, -0.2) is 28.0 Å². The van der Waals surface area contributed by atoms with Crippen molar-refractivity contribution in [2.24, 2.45) is 0 Å². The van der Waals surface area contributed by atoms with Crippen LogP contribution in [0.4, 0.5) is 0 Å². The Balaban J connectivity index is 2.97. The molecule has 80 valence electrons. The smallest absolute Gasteiger partial charge is 0.281 e. The van der Waals surface area contributed by atoms with Crippen molar-refractivity contribution in [2.45, 2.75) is 0 Å². The summed E-state index contributed by atoms with van der Waals surface area (Å²) < 4.78 is 2.35. The molecule has 1 aromatic rings. The van der Waals surface area contributed by atoms with Gasteiger partial charge in [-0.15, -0.1) is 0 Å². The van der Waals surface area contributed by atoms with Crippen LogP contribution in [0, 0.1) is 5.41 Å². The second kappa shape index (κ2) is 4.65. The summed E-state index contributed by atoms with van der Waals surface area (Å²) in [6, 6.07) is 0.998. The summed E-state index contributed by atoms with van der Waals surface area (Å²) in [7, 11) is 0. The Morgan fingerprint density at radius 1 is 1.67 bits per heavy atom. The molecule has 0 aliphatic heterocycles. The minimum atomic E-state index is -0.634. The van der Waals surface area contributed by atoms with E-state index in [4.69, 9.17) is 10.5 Å². The van der Waals surface area contributed by atoms with Gasteiger partial charge in [0.05, 0.1) is 5.69 Å². The van der Waals surface area contributed by atoms with Gasteiger partial charge in [0, 0.05) is 18.5 Å². The SMILES string of the molecule is CSNC(=O)C(=N)c1cc(=O)c(O)c[nH]1. The number of rotatable bonds is 3. The number of H-pyrrole nitrogens is 1. The van der Waals surface area contributed by atoms with Gasteiger partial charge < -0.3 is 10.1 Å². The molecule has 0 aliphatic rings. The van der Waals surface area contributed by atoms with E-state index in [2.05, 4.69) is 9.71 Å². The number of aromatic nitrogens is 1. The van der Waals surface area contributed by atoms with Gasteiger partial charge in [-0.2, -0.15) is 0 Å². The van der Waals surface area contributed by atoms with E-state index in [-0.39, 0.29) is 11.4 Å². The van der Waals surface area contributed by atoms with Crippen molar-refractivity contribution in [2.75, 3.05) is 6.26 Å². The minimum absolute atomic E-state index is 0.0596. The zero-order chi connectivity index (χ0) is 11.4. The van der Waals surface area contributed by atoms with Crippen LogP contribution in [-0.2, 0) is 4.79 Å². The van der Waals surface area contributed by atoms with Crippen LogP contribution in [0.5, 0.6) is 5.75 Å². The van der Waals surface area contributed by atoms with Crippen molar-refractivity contribution in [3.05, 3.63) is 28.2 Å². The molecule has 0 atom stereocenters. The van der Waals surface area contributed by atoms with Gasteiger partial charge in [-0.05, 0) is 0 Å². The summed E-state index contributed by atoms with van der Waals surface area (Å²) in [5, 5.41) is 16.4. The Morgan fingerprint density at radius 3 is 2.87 bits per heavy atom. The maximum absolute atomic E-state index is 11.2. The Morgan fingerprint density at radius 2 is 2.33 bits per heavy atom. The van der Waals surface area contributed by atoms with E-state index < -0.39 is 17.1 Å². The first-order chi connectivity index (χ1) is 7.06. The number of hydrogen-bond acceptors (Lipinski definition) is 5. The van der Waals surface area contributed by atoms with Crippen molar-refractivity contribution < 1.29 is 9.90 Å². The van der Waals surface area contributed by atoms with Crippen molar-refractivity contribution >= 4 is 23.6 Å². The number of hydrogen-bond donors (Lipinski definition) is 4. The molecule has 1 aromatic heterocycles. The minimum Gasteiger partial charge on any atom is -0.503 e. The molecule has 0 unspecified atom stereocenters. The number of pyridine rings is 1. The van der Waals surface area contributed by atoms with Crippen molar-refractivity contribution in [1.29, 1.82) is 5.41 Å². The van der Waals surface area contributed by atoms with Crippen molar-refractivity contribution in [3.63, 3.8) is 0 Å². The van der Waals surface area contributed by atoms with E-state index in [0.717, 1.165) is 24.2 Å². The van der Waals surface area contributed by atoms with E-state index in [1.54, 1.807) is 6.26 Å². The Hall–Kier alpha value is -1.76. The largest absolute Gasteiger partial charge is 0.503 e. The van der Waals surface area contributed by atoms with Gasteiger partial charge in [0.25, 0.3) is 5.91 Å². The zero-order valence-electron chi connectivity index (χ0n) is 7.83. The van der Waals surface area contributed by atoms with Crippen LogP contribution >= 0.6 is 11.9 Å². The van der Waals surface area contributed by atoms with E-state index in [9.17, 15) is 9.59 Å². The molecule has 0 fully saturated rings. The van der Waals surface area contributed by atoms with Crippen molar-refractivity contribution in [3.8, 4) is 5.75 Å². The van der Waals surface area contributed by atoms with Gasteiger partial charge >= 0.3 is 0 Å². The van der Waals surface area contributed by atoms with E-state index >= 15 is 0 Å². The summed E-state index contributed by atoms with van der Waals surface area (Å²) >= 11 is 1.06. The molecule has 1 amide bonds. The summed E-state index contributed by atoms with van der Waals surface area (Å²) in [4.78, 5) is 24.7. The normalized spacial score (nSPS) is 9.67. The van der Waals surface area contributed by atoms with Crippen LogP contribution < -0.4 is 10.2 Å². The average Bonchev–Trinajstić information content (AvgIpc) is 2.21.